The van der Waals surface area contributed by atoms with Crippen molar-refractivity contribution in [1.29, 1.82) is 0 Å². The van der Waals surface area contributed by atoms with Crippen LogP contribution in [0, 0.1) is 0 Å². The second kappa shape index (κ2) is 7.32. The molecule has 0 atom stereocenters. The zero-order chi connectivity index (χ0) is 17.1. The summed E-state index contributed by atoms with van der Waals surface area (Å²) in [4.78, 5) is 28.4. The normalized spacial score (nSPS) is 18.3. The van der Waals surface area contributed by atoms with Gasteiger partial charge in [0.05, 0.1) is 0 Å². The van der Waals surface area contributed by atoms with Gasteiger partial charge in [0.25, 0.3) is 0 Å². The number of rotatable bonds is 4. The third-order valence-electron chi connectivity index (χ3n) is 4.91. The van der Waals surface area contributed by atoms with Gasteiger partial charge in [0.15, 0.2) is 5.78 Å². The van der Waals surface area contributed by atoms with Crippen LogP contribution in [0.25, 0.3) is 0 Å². The minimum Gasteiger partial charge on any atom is -0.398 e. The van der Waals surface area contributed by atoms with E-state index in [2.05, 4.69) is 10.2 Å². The summed E-state index contributed by atoms with van der Waals surface area (Å²) in [6.45, 7) is 7.00. The van der Waals surface area contributed by atoms with Gasteiger partial charge in [-0.1, -0.05) is 0 Å². The van der Waals surface area contributed by atoms with Gasteiger partial charge in [-0.15, -0.1) is 0 Å². The molecule has 0 spiro atoms. The van der Waals surface area contributed by atoms with E-state index in [-0.39, 0.29) is 11.7 Å². The van der Waals surface area contributed by atoms with Crippen molar-refractivity contribution in [2.24, 2.45) is 0 Å². The Morgan fingerprint density at radius 1 is 1.21 bits per heavy atom. The quantitative estimate of drug-likeness (QED) is 0.637. The molecule has 2 aliphatic heterocycles. The number of fused-ring (bicyclic) bond motifs is 1. The van der Waals surface area contributed by atoms with Crippen LogP contribution in [0.4, 0.5) is 11.4 Å². The number of nitrogens with zero attached hydrogens (tertiary/aromatic N) is 2. The Morgan fingerprint density at radius 3 is 2.67 bits per heavy atom. The lowest BCUT2D eigenvalue weighted by Gasteiger charge is -2.29. The van der Waals surface area contributed by atoms with Crippen molar-refractivity contribution in [1.82, 2.24) is 10.2 Å². The van der Waals surface area contributed by atoms with Gasteiger partial charge in [-0.3, -0.25) is 9.59 Å². The number of nitrogen functional groups attached to an aromatic ring is 1. The summed E-state index contributed by atoms with van der Waals surface area (Å²) in [5.41, 5.74) is 9.14. The summed E-state index contributed by atoms with van der Waals surface area (Å²) in [6.07, 6.45) is 2.29. The predicted molar refractivity (Wildman–Crippen MR) is 95.5 cm³/mol. The van der Waals surface area contributed by atoms with Crippen LogP contribution < -0.4 is 16.0 Å². The Morgan fingerprint density at radius 2 is 1.96 bits per heavy atom. The maximum Gasteiger partial charge on any atom is 0.223 e. The third kappa shape index (κ3) is 3.60. The lowest BCUT2D eigenvalue weighted by atomic mass is 9.95. The van der Waals surface area contributed by atoms with E-state index in [0.29, 0.717) is 17.7 Å². The lowest BCUT2D eigenvalue weighted by molar-refractivity contribution is -0.116. The van der Waals surface area contributed by atoms with Gasteiger partial charge in [-0.2, -0.15) is 0 Å². The molecule has 3 N–H and O–H groups in total. The Balaban J connectivity index is 1.73. The van der Waals surface area contributed by atoms with Gasteiger partial charge in [0.2, 0.25) is 5.91 Å². The van der Waals surface area contributed by atoms with Crippen molar-refractivity contribution in [2.45, 2.75) is 26.2 Å². The molecule has 6 heteroatoms. The summed E-state index contributed by atoms with van der Waals surface area (Å²) < 4.78 is 0. The molecule has 0 aromatic heterocycles. The number of carbonyl (C=O) groups excluding carboxylic acids is 2. The first kappa shape index (κ1) is 16.9. The molecular weight excluding hydrogens is 304 g/mol. The number of aryl methyl sites for hydroxylation is 1. The molecule has 2 heterocycles. The lowest BCUT2D eigenvalue weighted by Crippen LogP contribution is -2.44. The summed E-state index contributed by atoms with van der Waals surface area (Å²) in [5, 5.41) is 3.31. The fourth-order valence-corrected chi connectivity index (χ4v) is 3.55. The molecule has 6 nitrogen and oxygen atoms in total. The van der Waals surface area contributed by atoms with Crippen LogP contribution in [-0.4, -0.2) is 55.9 Å². The molecule has 2 aliphatic rings. The molecule has 1 amide bonds. The van der Waals surface area contributed by atoms with E-state index in [4.69, 9.17) is 5.73 Å². The average Bonchev–Trinajstić information content (AvgIpc) is 2.59. The molecule has 1 aromatic carbocycles. The number of ketones is 1. The van der Waals surface area contributed by atoms with Gasteiger partial charge >= 0.3 is 0 Å². The van der Waals surface area contributed by atoms with Gasteiger partial charge in [0, 0.05) is 69.6 Å². The summed E-state index contributed by atoms with van der Waals surface area (Å²) in [6, 6.07) is 3.70. The zero-order valence-corrected chi connectivity index (χ0v) is 14.3. The highest BCUT2D eigenvalue weighted by molar-refractivity contribution is 6.03. The molecule has 0 bridgehead atoms. The molecule has 1 saturated heterocycles. The molecule has 0 radical (unpaired) electrons. The van der Waals surface area contributed by atoms with E-state index in [9.17, 15) is 9.59 Å². The van der Waals surface area contributed by atoms with Gasteiger partial charge in [-0.05, 0) is 30.5 Å². The first-order chi connectivity index (χ1) is 11.6. The van der Waals surface area contributed by atoms with Gasteiger partial charge in [0.1, 0.15) is 0 Å². The fourth-order valence-electron chi connectivity index (χ4n) is 3.55. The maximum atomic E-state index is 12.6. The molecule has 24 heavy (non-hydrogen) atoms. The van der Waals surface area contributed by atoms with E-state index in [1.807, 2.05) is 6.07 Å². The Hall–Kier alpha value is -1.92. The van der Waals surface area contributed by atoms with Crippen LogP contribution in [0.3, 0.4) is 0 Å². The predicted octanol–water partition coefficient (Wildman–Crippen LogP) is 1.05. The van der Waals surface area contributed by atoms with E-state index in [0.717, 1.165) is 63.4 Å². The molecular formula is C18H26N4O2. The molecule has 1 aromatic rings. The van der Waals surface area contributed by atoms with E-state index in [1.54, 1.807) is 17.9 Å². The summed E-state index contributed by atoms with van der Waals surface area (Å²) in [7, 11) is 0. The van der Waals surface area contributed by atoms with E-state index >= 15 is 0 Å². The standard InChI is InChI=1S/C18H26N4O2/c1-13(23)22-7-2-3-14-11-15(16(19)12-17(14)22)18(24)4-8-21-9-5-20-6-10-21/h11-12,20H,2-10,19H2,1H3. The Kier molecular flexibility index (Phi) is 5.16. The van der Waals surface area contributed by atoms with Crippen molar-refractivity contribution >= 4 is 23.1 Å². The van der Waals surface area contributed by atoms with Gasteiger partial charge in [-0.25, -0.2) is 0 Å². The number of nitrogens with two attached hydrogens (primary N) is 1. The zero-order valence-electron chi connectivity index (χ0n) is 14.3. The topological polar surface area (TPSA) is 78.7 Å². The van der Waals surface area contributed by atoms with Crippen molar-refractivity contribution in [3.8, 4) is 0 Å². The van der Waals surface area contributed by atoms with E-state index < -0.39 is 0 Å². The smallest absolute Gasteiger partial charge is 0.223 e. The molecule has 0 saturated carbocycles. The van der Waals surface area contributed by atoms with Crippen molar-refractivity contribution in [3.05, 3.63) is 23.3 Å². The average molecular weight is 330 g/mol. The number of Topliss-reactive ketones (excluding diaryl/α,β-unsaturated/α-hetero) is 1. The van der Waals surface area contributed by atoms with Crippen LogP contribution in [0.1, 0.15) is 35.7 Å². The minimum absolute atomic E-state index is 0.0214. The number of anilines is 2. The number of hydrogen-bond donors (Lipinski definition) is 2. The largest absolute Gasteiger partial charge is 0.398 e. The van der Waals surface area contributed by atoms with Crippen molar-refractivity contribution in [3.63, 3.8) is 0 Å². The van der Waals surface area contributed by atoms with Crippen LogP contribution >= 0.6 is 0 Å². The molecule has 0 aliphatic carbocycles. The number of carbonyl (C=O) groups is 2. The third-order valence-corrected chi connectivity index (χ3v) is 4.91. The highest BCUT2D eigenvalue weighted by Crippen LogP contribution is 2.32. The second-order valence-corrected chi connectivity index (χ2v) is 6.61. The monoisotopic (exact) mass is 330 g/mol. The fraction of sp³-hybridized carbons (Fsp3) is 0.556. The van der Waals surface area contributed by atoms with Crippen LogP contribution in [0.2, 0.25) is 0 Å². The summed E-state index contributed by atoms with van der Waals surface area (Å²) >= 11 is 0. The number of hydrogen-bond acceptors (Lipinski definition) is 5. The molecule has 1 fully saturated rings. The molecule has 3 rings (SSSR count). The van der Waals surface area contributed by atoms with Gasteiger partial charge < -0.3 is 20.9 Å². The van der Waals surface area contributed by atoms with Crippen LogP contribution in [0.5, 0.6) is 0 Å². The highest BCUT2D eigenvalue weighted by atomic mass is 16.2. The number of nitrogens with one attached hydrogen (secondary N) is 1. The Labute approximate surface area is 143 Å². The Bertz CT molecular complexity index is 638. The highest BCUT2D eigenvalue weighted by Gasteiger charge is 2.23. The molecule has 130 valence electrons. The number of piperazine rings is 1. The van der Waals surface area contributed by atoms with Crippen LogP contribution in [-0.2, 0) is 11.2 Å². The maximum absolute atomic E-state index is 12.6. The van der Waals surface area contributed by atoms with Crippen molar-refractivity contribution in [2.75, 3.05) is 49.9 Å². The van der Waals surface area contributed by atoms with Crippen molar-refractivity contribution < 1.29 is 9.59 Å². The SMILES string of the molecule is CC(=O)N1CCCc2cc(C(=O)CCN3CCNCC3)c(N)cc21. The number of benzene rings is 1. The number of amides is 1. The first-order valence-corrected chi connectivity index (χ1v) is 8.73. The molecule has 0 unspecified atom stereocenters. The first-order valence-electron chi connectivity index (χ1n) is 8.73. The van der Waals surface area contributed by atoms with Crippen LogP contribution in [0.15, 0.2) is 12.1 Å². The summed E-state index contributed by atoms with van der Waals surface area (Å²) in [5.74, 6) is 0.113. The minimum atomic E-state index is 0.0214. The second-order valence-electron chi connectivity index (χ2n) is 6.61. The van der Waals surface area contributed by atoms with E-state index in [1.165, 1.54) is 0 Å².